The van der Waals surface area contributed by atoms with Crippen molar-refractivity contribution < 1.29 is 14.7 Å². The molecule has 0 saturated heterocycles. The molecular weight excluding hydrogens is 318 g/mol. The minimum Gasteiger partial charge on any atom is -0.394 e. The number of nitrogens with two attached hydrogens (primary N) is 2. The molecule has 1 heterocycles. The molecule has 122 valence electrons. The van der Waals surface area contributed by atoms with Crippen molar-refractivity contribution in [1.82, 2.24) is 4.37 Å². The summed E-state index contributed by atoms with van der Waals surface area (Å²) in [6.07, 6.45) is 0.543. The zero-order valence-corrected chi connectivity index (χ0v) is 13.2. The van der Waals surface area contributed by atoms with Gasteiger partial charge >= 0.3 is 0 Å². The number of anilines is 3. The Balaban J connectivity index is 2.39. The number of primary amides is 1. The van der Waals surface area contributed by atoms with Crippen molar-refractivity contribution in [3.63, 3.8) is 0 Å². The molecule has 1 aromatic heterocycles. The van der Waals surface area contributed by atoms with Gasteiger partial charge in [-0.05, 0) is 42.7 Å². The number of nitrogens with one attached hydrogen (secondary N) is 1. The van der Waals surface area contributed by atoms with Gasteiger partial charge in [0.2, 0.25) is 0 Å². The molecule has 1 amide bonds. The molecule has 0 fully saturated rings. The van der Waals surface area contributed by atoms with Gasteiger partial charge in [0.1, 0.15) is 17.3 Å². The highest BCUT2D eigenvalue weighted by atomic mass is 32.1. The zero-order valence-electron chi connectivity index (χ0n) is 12.4. The van der Waals surface area contributed by atoms with Crippen molar-refractivity contribution in [2.75, 3.05) is 16.9 Å². The van der Waals surface area contributed by atoms with Crippen molar-refractivity contribution >= 4 is 40.1 Å². The summed E-state index contributed by atoms with van der Waals surface area (Å²) >= 11 is 1.24. The summed E-state index contributed by atoms with van der Waals surface area (Å²) < 4.78 is 4.15. The van der Waals surface area contributed by atoms with E-state index in [1.165, 1.54) is 17.6 Å². The van der Waals surface area contributed by atoms with Gasteiger partial charge in [0.05, 0.1) is 29.2 Å². The van der Waals surface area contributed by atoms with Crippen LogP contribution in [-0.2, 0) is 4.79 Å². The summed E-state index contributed by atoms with van der Waals surface area (Å²) in [6, 6.07) is 5.58. The first-order valence-corrected chi connectivity index (χ1v) is 7.48. The molecule has 6 N–H and O–H groups in total. The topological polar surface area (TPSA) is 135 Å². The maximum Gasteiger partial charge on any atom is 0.250 e. The highest BCUT2D eigenvalue weighted by Crippen LogP contribution is 2.28. The molecule has 0 saturated carbocycles. The van der Waals surface area contributed by atoms with Gasteiger partial charge in [0, 0.05) is 0 Å². The number of nitrogens with zero attached hydrogens (tertiary/aromatic N) is 2. The van der Waals surface area contributed by atoms with E-state index in [4.69, 9.17) is 16.7 Å². The molecule has 2 aromatic rings. The number of hydrogen-bond donors (Lipinski definition) is 4. The molecule has 0 aliphatic rings. The zero-order chi connectivity index (χ0) is 17.0. The third kappa shape index (κ3) is 3.83. The van der Waals surface area contributed by atoms with Crippen LogP contribution in [0.4, 0.5) is 16.4 Å². The lowest BCUT2D eigenvalue weighted by Crippen LogP contribution is -2.44. The maximum atomic E-state index is 11.6. The van der Waals surface area contributed by atoms with Crippen molar-refractivity contribution in [2.45, 2.75) is 13.0 Å². The number of aromatic nitrogens is 1. The minimum atomic E-state index is -0.882. The van der Waals surface area contributed by atoms with Gasteiger partial charge in [-0.2, -0.15) is 4.37 Å². The lowest BCUT2D eigenvalue weighted by molar-refractivity contribution is -0.109. The van der Waals surface area contributed by atoms with Crippen LogP contribution in [0.1, 0.15) is 16.1 Å². The van der Waals surface area contributed by atoms with Crippen LogP contribution >= 0.6 is 11.5 Å². The summed E-state index contributed by atoms with van der Waals surface area (Å²) in [5.41, 5.74) is 7.39. The number of carbonyl (C=O) groups excluding carboxylic acids is 2. The Labute approximate surface area is 136 Å². The molecule has 8 nitrogen and oxygen atoms in total. The standard InChI is InChI=1S/C14H17N5O3S/c1-8-4-13(23-18-8)17-12-5-9(2-3-11(12)14(15)22)19(16)10(6-20)7-21/h2-6,10,17,21H,7,16H2,1H3,(H2,15,22)/t10-/m0/s1. The number of aryl methyl sites for hydroxylation is 1. The Hall–Kier alpha value is -2.49. The summed E-state index contributed by atoms with van der Waals surface area (Å²) in [6.45, 7) is 1.43. The predicted octanol–water partition coefficient (Wildman–Crippen LogP) is 0.534. The van der Waals surface area contributed by atoms with Crippen molar-refractivity contribution in [2.24, 2.45) is 11.6 Å². The molecule has 0 radical (unpaired) electrons. The second kappa shape index (κ2) is 7.18. The average Bonchev–Trinajstić information content (AvgIpc) is 2.93. The van der Waals surface area contributed by atoms with E-state index in [9.17, 15) is 9.59 Å². The Morgan fingerprint density at radius 2 is 2.26 bits per heavy atom. The van der Waals surface area contributed by atoms with Crippen LogP contribution < -0.4 is 21.9 Å². The molecule has 1 atom stereocenters. The third-order valence-electron chi connectivity index (χ3n) is 3.15. The Morgan fingerprint density at radius 1 is 1.52 bits per heavy atom. The van der Waals surface area contributed by atoms with Crippen LogP contribution in [0, 0.1) is 6.92 Å². The number of hydrogen-bond acceptors (Lipinski definition) is 8. The Morgan fingerprint density at radius 3 is 2.78 bits per heavy atom. The van der Waals surface area contributed by atoms with E-state index in [-0.39, 0.29) is 5.56 Å². The Bertz CT molecular complexity index is 718. The van der Waals surface area contributed by atoms with Gasteiger partial charge in [0.15, 0.2) is 0 Å². The molecule has 1 aromatic carbocycles. The van der Waals surface area contributed by atoms with Crippen molar-refractivity contribution in [1.29, 1.82) is 0 Å². The SMILES string of the molecule is Cc1cc(Nc2cc(N(N)[C@@H](C=O)CO)ccc2C(N)=O)sn1. The highest BCUT2D eigenvalue weighted by molar-refractivity contribution is 7.10. The monoisotopic (exact) mass is 335 g/mol. The number of carbonyl (C=O) groups is 2. The largest absolute Gasteiger partial charge is 0.394 e. The van der Waals surface area contributed by atoms with Crippen LogP contribution in [-0.4, -0.2) is 34.3 Å². The Kier molecular flexibility index (Phi) is 5.27. The quantitative estimate of drug-likeness (QED) is 0.329. The van der Waals surface area contributed by atoms with Gasteiger partial charge in [-0.3, -0.25) is 9.80 Å². The van der Waals surface area contributed by atoms with E-state index >= 15 is 0 Å². The van der Waals surface area contributed by atoms with Crippen LogP contribution in [0.25, 0.3) is 0 Å². The summed E-state index contributed by atoms with van der Waals surface area (Å²) in [5, 5.41) is 14.1. The molecule has 0 aliphatic carbocycles. The van der Waals surface area contributed by atoms with Crippen molar-refractivity contribution in [3.05, 3.63) is 35.5 Å². The second-order valence-electron chi connectivity index (χ2n) is 4.84. The van der Waals surface area contributed by atoms with Crippen LogP contribution in [0.15, 0.2) is 24.3 Å². The summed E-state index contributed by atoms with van der Waals surface area (Å²) in [5.74, 6) is 5.24. The van der Waals surface area contributed by atoms with Gasteiger partial charge < -0.3 is 21.0 Å². The fraction of sp³-hybridized carbons (Fsp3) is 0.214. The lowest BCUT2D eigenvalue weighted by atomic mass is 10.1. The maximum absolute atomic E-state index is 11.6. The summed E-state index contributed by atoms with van der Waals surface area (Å²) in [4.78, 5) is 22.5. The summed E-state index contributed by atoms with van der Waals surface area (Å²) in [7, 11) is 0. The minimum absolute atomic E-state index is 0.278. The molecule has 0 aliphatic heterocycles. The van der Waals surface area contributed by atoms with Gasteiger partial charge in [-0.25, -0.2) is 5.84 Å². The molecule has 0 bridgehead atoms. The first-order valence-electron chi connectivity index (χ1n) is 6.70. The predicted molar refractivity (Wildman–Crippen MR) is 88.7 cm³/mol. The second-order valence-corrected chi connectivity index (χ2v) is 5.65. The first kappa shape index (κ1) is 16.9. The van der Waals surface area contributed by atoms with E-state index in [1.807, 2.05) is 13.0 Å². The van der Waals surface area contributed by atoms with E-state index in [1.54, 1.807) is 12.1 Å². The molecular formula is C14H17N5O3S. The third-order valence-corrected chi connectivity index (χ3v) is 3.95. The first-order chi connectivity index (χ1) is 11.0. The van der Waals surface area contributed by atoms with Crippen LogP contribution in [0.5, 0.6) is 0 Å². The number of rotatable bonds is 7. The molecule has 2 rings (SSSR count). The number of aliphatic hydroxyl groups is 1. The smallest absolute Gasteiger partial charge is 0.250 e. The van der Waals surface area contributed by atoms with Crippen molar-refractivity contribution in [3.8, 4) is 0 Å². The normalized spacial score (nSPS) is 11.8. The fourth-order valence-corrected chi connectivity index (χ4v) is 2.63. The molecule has 9 heteroatoms. The number of aliphatic hydroxyl groups excluding tert-OH is 1. The van der Waals surface area contributed by atoms with Crippen LogP contribution in [0.3, 0.4) is 0 Å². The molecule has 0 spiro atoms. The van der Waals surface area contributed by atoms with Gasteiger partial charge in [0.25, 0.3) is 5.91 Å². The van der Waals surface area contributed by atoms with Gasteiger partial charge in [-0.15, -0.1) is 0 Å². The van der Waals surface area contributed by atoms with Gasteiger partial charge in [-0.1, -0.05) is 0 Å². The number of benzene rings is 1. The van der Waals surface area contributed by atoms with E-state index in [2.05, 4.69) is 9.69 Å². The van der Waals surface area contributed by atoms with Crippen LogP contribution in [0.2, 0.25) is 0 Å². The molecule has 0 unspecified atom stereocenters. The highest BCUT2D eigenvalue weighted by Gasteiger charge is 2.17. The number of aldehydes is 1. The fourth-order valence-electron chi connectivity index (χ4n) is 1.95. The van der Waals surface area contributed by atoms with E-state index < -0.39 is 18.6 Å². The molecule has 23 heavy (non-hydrogen) atoms. The number of amides is 1. The van der Waals surface area contributed by atoms with E-state index in [0.29, 0.717) is 17.7 Å². The average molecular weight is 335 g/mol. The van der Waals surface area contributed by atoms with E-state index in [0.717, 1.165) is 15.7 Å². The number of hydrazine groups is 1. The lowest BCUT2D eigenvalue weighted by Gasteiger charge is -2.24.